The third kappa shape index (κ3) is 3.31. The zero-order valence-electron chi connectivity index (χ0n) is 13.7. The van der Waals surface area contributed by atoms with Crippen LogP contribution in [0.15, 0.2) is 24.3 Å². The van der Waals surface area contributed by atoms with E-state index >= 15 is 0 Å². The highest BCUT2D eigenvalue weighted by atomic mass is 32.1. The zero-order valence-corrected chi connectivity index (χ0v) is 14.5. The molecule has 128 valence electrons. The number of benzene rings is 1. The second kappa shape index (κ2) is 6.78. The molecule has 5 nitrogen and oxygen atoms in total. The summed E-state index contributed by atoms with van der Waals surface area (Å²) in [6.45, 7) is 2.83. The van der Waals surface area contributed by atoms with Crippen LogP contribution >= 0.6 is 11.3 Å². The summed E-state index contributed by atoms with van der Waals surface area (Å²) in [7, 11) is 0. The second-order valence-corrected chi connectivity index (χ2v) is 7.53. The normalized spacial score (nSPS) is 20.1. The Morgan fingerprint density at radius 1 is 1.21 bits per heavy atom. The van der Waals surface area contributed by atoms with E-state index < -0.39 is 5.79 Å². The average Bonchev–Trinajstić information content (AvgIpc) is 3.22. The smallest absolute Gasteiger partial charge is 0.222 e. The number of hydrogen-bond acceptors (Lipinski definition) is 5. The molecule has 3 heterocycles. The van der Waals surface area contributed by atoms with E-state index in [9.17, 15) is 4.79 Å². The highest BCUT2D eigenvalue weighted by Crippen LogP contribution is 2.31. The van der Waals surface area contributed by atoms with Gasteiger partial charge in [-0.3, -0.25) is 4.79 Å². The number of fused-ring (bicyclic) bond motifs is 1. The number of hydrogen-bond donors (Lipinski definition) is 0. The van der Waals surface area contributed by atoms with Crippen LogP contribution in [0.5, 0.6) is 0 Å². The van der Waals surface area contributed by atoms with Crippen LogP contribution in [0.4, 0.5) is 0 Å². The van der Waals surface area contributed by atoms with Gasteiger partial charge in [0.1, 0.15) is 0 Å². The minimum absolute atomic E-state index is 0.240. The number of likely N-dealkylation sites (tertiary alicyclic amines) is 1. The number of rotatable bonds is 4. The third-order valence-electron chi connectivity index (χ3n) is 4.81. The maximum atomic E-state index is 12.4. The van der Waals surface area contributed by atoms with Crippen molar-refractivity contribution in [3.05, 3.63) is 29.3 Å². The molecule has 24 heavy (non-hydrogen) atoms. The molecule has 0 saturated carbocycles. The number of aromatic nitrogens is 1. The minimum atomic E-state index is -0.405. The maximum absolute atomic E-state index is 12.4. The van der Waals surface area contributed by atoms with Gasteiger partial charge in [0.2, 0.25) is 5.91 Å². The molecule has 0 N–H and O–H groups in total. The van der Waals surface area contributed by atoms with Crippen molar-refractivity contribution in [1.29, 1.82) is 0 Å². The summed E-state index contributed by atoms with van der Waals surface area (Å²) < 4.78 is 12.6. The number of amides is 1. The summed E-state index contributed by atoms with van der Waals surface area (Å²) in [5.41, 5.74) is 1.06. The number of carbonyl (C=O) groups excluding carboxylic acids is 1. The first-order valence-corrected chi connectivity index (χ1v) is 9.46. The van der Waals surface area contributed by atoms with Gasteiger partial charge >= 0.3 is 0 Å². The maximum Gasteiger partial charge on any atom is 0.222 e. The molecule has 2 fully saturated rings. The number of para-hydroxylation sites is 1. The summed E-state index contributed by atoms with van der Waals surface area (Å²) in [5, 5.41) is 1.12. The van der Waals surface area contributed by atoms with Gasteiger partial charge in [-0.25, -0.2) is 4.98 Å². The Bertz CT molecular complexity index is 681. The number of thiazole rings is 1. The van der Waals surface area contributed by atoms with Crippen LogP contribution in [0, 0.1) is 0 Å². The molecule has 6 heteroatoms. The van der Waals surface area contributed by atoms with Crippen LogP contribution in [-0.4, -0.2) is 47.9 Å². The predicted octanol–water partition coefficient (Wildman–Crippen LogP) is 2.98. The lowest BCUT2D eigenvalue weighted by Crippen LogP contribution is -2.47. The zero-order chi connectivity index (χ0) is 16.4. The van der Waals surface area contributed by atoms with Gasteiger partial charge < -0.3 is 14.4 Å². The fourth-order valence-electron chi connectivity index (χ4n) is 3.46. The first-order valence-electron chi connectivity index (χ1n) is 8.64. The lowest BCUT2D eigenvalue weighted by molar-refractivity contribution is -0.187. The molecule has 0 bridgehead atoms. The fraction of sp³-hybridized carbons (Fsp3) is 0.556. The number of carbonyl (C=O) groups is 1. The van der Waals surface area contributed by atoms with E-state index in [0.29, 0.717) is 19.6 Å². The number of ether oxygens (including phenoxy) is 2. The van der Waals surface area contributed by atoms with Crippen LogP contribution in [0.25, 0.3) is 10.2 Å². The second-order valence-electron chi connectivity index (χ2n) is 6.42. The van der Waals surface area contributed by atoms with Crippen molar-refractivity contribution >= 4 is 27.5 Å². The van der Waals surface area contributed by atoms with Gasteiger partial charge in [-0.05, 0) is 25.0 Å². The van der Waals surface area contributed by atoms with Gasteiger partial charge in [-0.15, -0.1) is 11.3 Å². The highest BCUT2D eigenvalue weighted by molar-refractivity contribution is 7.18. The van der Waals surface area contributed by atoms with E-state index in [1.807, 2.05) is 23.1 Å². The molecule has 2 aliphatic rings. The standard InChI is InChI=1S/C18H22N2O3S/c21-17(20-10-8-18(9-11-20)22-12-13-23-18)7-3-6-16-19-14-4-1-2-5-15(14)24-16/h1-2,4-5H,3,6-13H2. The van der Waals surface area contributed by atoms with Crippen molar-refractivity contribution in [1.82, 2.24) is 9.88 Å². The Labute approximate surface area is 145 Å². The van der Waals surface area contributed by atoms with Gasteiger partial charge in [-0.1, -0.05) is 12.1 Å². The Morgan fingerprint density at radius 3 is 2.71 bits per heavy atom. The van der Waals surface area contributed by atoms with E-state index in [1.165, 1.54) is 4.70 Å². The Morgan fingerprint density at radius 2 is 1.96 bits per heavy atom. The molecule has 4 rings (SSSR count). The Balaban J connectivity index is 1.25. The molecule has 1 aromatic carbocycles. The average molecular weight is 346 g/mol. The van der Waals surface area contributed by atoms with E-state index in [4.69, 9.17) is 9.47 Å². The predicted molar refractivity (Wildman–Crippen MR) is 93.0 cm³/mol. The van der Waals surface area contributed by atoms with Crippen molar-refractivity contribution in [3.8, 4) is 0 Å². The van der Waals surface area contributed by atoms with E-state index in [2.05, 4.69) is 11.1 Å². The molecule has 2 aromatic rings. The van der Waals surface area contributed by atoms with Crippen molar-refractivity contribution in [2.24, 2.45) is 0 Å². The van der Waals surface area contributed by atoms with Crippen LogP contribution in [0.1, 0.15) is 30.7 Å². The number of aryl methyl sites for hydroxylation is 1. The van der Waals surface area contributed by atoms with Gasteiger partial charge in [0.25, 0.3) is 0 Å². The summed E-state index contributed by atoms with van der Waals surface area (Å²) in [5.74, 6) is -0.165. The SMILES string of the molecule is O=C(CCCc1nc2ccccc2s1)N1CCC2(CC1)OCCO2. The molecule has 0 atom stereocenters. The Kier molecular flexibility index (Phi) is 4.52. The van der Waals surface area contributed by atoms with E-state index in [-0.39, 0.29) is 5.91 Å². The van der Waals surface area contributed by atoms with Gasteiger partial charge in [0, 0.05) is 32.4 Å². The first-order chi connectivity index (χ1) is 11.7. The topological polar surface area (TPSA) is 51.7 Å². The van der Waals surface area contributed by atoms with Crippen LogP contribution < -0.4 is 0 Å². The first kappa shape index (κ1) is 16.0. The third-order valence-corrected chi connectivity index (χ3v) is 5.91. The van der Waals surface area contributed by atoms with Gasteiger partial charge in [0.05, 0.1) is 28.4 Å². The lowest BCUT2D eigenvalue weighted by Gasteiger charge is -2.37. The molecule has 1 spiro atoms. The molecule has 0 aliphatic carbocycles. The van der Waals surface area contributed by atoms with Crippen LogP contribution in [0.2, 0.25) is 0 Å². The van der Waals surface area contributed by atoms with Crippen LogP contribution in [-0.2, 0) is 20.7 Å². The summed E-state index contributed by atoms with van der Waals surface area (Å²) in [6.07, 6.45) is 3.89. The van der Waals surface area contributed by atoms with Crippen molar-refractivity contribution in [2.45, 2.75) is 37.9 Å². The molecular weight excluding hydrogens is 324 g/mol. The lowest BCUT2D eigenvalue weighted by atomic mass is 10.0. The monoisotopic (exact) mass is 346 g/mol. The molecule has 2 saturated heterocycles. The van der Waals surface area contributed by atoms with Crippen molar-refractivity contribution in [2.75, 3.05) is 26.3 Å². The quantitative estimate of drug-likeness (QED) is 0.854. The summed E-state index contributed by atoms with van der Waals surface area (Å²) in [4.78, 5) is 19.0. The van der Waals surface area contributed by atoms with Crippen molar-refractivity contribution in [3.63, 3.8) is 0 Å². The van der Waals surface area contributed by atoms with Gasteiger partial charge in [-0.2, -0.15) is 0 Å². The Hall–Kier alpha value is -1.50. The van der Waals surface area contributed by atoms with E-state index in [1.54, 1.807) is 11.3 Å². The fourth-order valence-corrected chi connectivity index (χ4v) is 4.47. The van der Waals surface area contributed by atoms with Crippen LogP contribution in [0.3, 0.4) is 0 Å². The molecule has 1 aromatic heterocycles. The highest BCUT2D eigenvalue weighted by Gasteiger charge is 2.40. The minimum Gasteiger partial charge on any atom is -0.347 e. The molecule has 0 radical (unpaired) electrons. The van der Waals surface area contributed by atoms with Gasteiger partial charge in [0.15, 0.2) is 5.79 Å². The number of nitrogens with zero attached hydrogens (tertiary/aromatic N) is 2. The molecular formula is C18H22N2O3S. The molecule has 2 aliphatic heterocycles. The molecule has 0 unspecified atom stereocenters. The molecule has 1 amide bonds. The van der Waals surface area contributed by atoms with Crippen molar-refractivity contribution < 1.29 is 14.3 Å². The largest absolute Gasteiger partial charge is 0.347 e. The summed E-state index contributed by atoms with van der Waals surface area (Å²) >= 11 is 1.73. The summed E-state index contributed by atoms with van der Waals surface area (Å²) in [6, 6.07) is 8.18. The number of piperidine rings is 1. The van der Waals surface area contributed by atoms with E-state index in [0.717, 1.165) is 49.3 Å².